The third-order valence-corrected chi connectivity index (χ3v) is 3.07. The lowest BCUT2D eigenvalue weighted by Gasteiger charge is -2.29. The van der Waals surface area contributed by atoms with Crippen LogP contribution in [0, 0.1) is 0 Å². The van der Waals surface area contributed by atoms with Crippen molar-refractivity contribution in [1.29, 1.82) is 0 Å². The van der Waals surface area contributed by atoms with Crippen LogP contribution in [0.1, 0.15) is 18.9 Å². The Morgan fingerprint density at radius 3 is 2.26 bits per heavy atom. The van der Waals surface area contributed by atoms with E-state index in [1.807, 2.05) is 30.3 Å². The third-order valence-electron chi connectivity index (χ3n) is 3.07. The molecule has 1 aromatic rings. The van der Waals surface area contributed by atoms with E-state index in [1.54, 1.807) is 14.0 Å². The molecule has 0 N–H and O–H groups in total. The van der Waals surface area contributed by atoms with Crippen molar-refractivity contribution in [2.45, 2.75) is 24.9 Å². The Balaban J connectivity index is 2.69. The summed E-state index contributed by atoms with van der Waals surface area (Å²) in [4.78, 5) is 12.9. The Morgan fingerprint density at radius 2 is 1.79 bits per heavy atom. The van der Waals surface area contributed by atoms with Crippen LogP contribution >= 0.6 is 0 Å². The molecule has 0 bridgehead atoms. The van der Waals surface area contributed by atoms with Crippen LogP contribution in [0.15, 0.2) is 30.3 Å². The van der Waals surface area contributed by atoms with Crippen LogP contribution in [0.4, 0.5) is 13.2 Å². The lowest BCUT2D eigenvalue weighted by Crippen LogP contribution is -2.39. The number of hydrogen-bond acceptors (Lipinski definition) is 2. The van der Waals surface area contributed by atoms with Gasteiger partial charge in [-0.15, -0.1) is 0 Å². The number of alkyl halides is 3. The first-order valence-electron chi connectivity index (χ1n) is 6.04. The van der Waals surface area contributed by atoms with Crippen LogP contribution in [0.2, 0.25) is 0 Å². The fraction of sp³-hybridized carbons (Fsp3) is 0.500. The lowest BCUT2D eigenvalue weighted by atomic mass is 9.83. The van der Waals surface area contributed by atoms with Crippen LogP contribution in [0.5, 0.6) is 0 Å². The molecule has 106 valence electrons. The Hall–Kier alpha value is -1.36. The molecule has 0 fully saturated rings. The molecule has 5 heteroatoms. The fourth-order valence-electron chi connectivity index (χ4n) is 1.97. The molecule has 0 saturated heterocycles. The van der Waals surface area contributed by atoms with Crippen LogP contribution in [0.3, 0.4) is 0 Å². The van der Waals surface area contributed by atoms with Gasteiger partial charge in [0.25, 0.3) is 0 Å². The van der Waals surface area contributed by atoms with E-state index in [1.165, 1.54) is 4.90 Å². The summed E-state index contributed by atoms with van der Waals surface area (Å²) in [6.07, 6.45) is -4.24. The molecule has 0 aliphatic carbocycles. The van der Waals surface area contributed by atoms with Crippen molar-refractivity contribution in [2.24, 2.45) is 0 Å². The number of rotatable bonds is 6. The number of hydrogen-bond donors (Lipinski definition) is 0. The van der Waals surface area contributed by atoms with Gasteiger partial charge in [-0.25, -0.2) is 0 Å². The van der Waals surface area contributed by atoms with E-state index >= 15 is 0 Å². The summed E-state index contributed by atoms with van der Waals surface area (Å²) in [5.41, 5.74) is 0.0191. The maximum atomic E-state index is 12.2. The van der Waals surface area contributed by atoms with Crippen molar-refractivity contribution in [1.82, 2.24) is 4.90 Å². The standard InChI is InChI=1S/C14H18F3NO/c1-13(11-19,12-6-4-3-5-7-12)10-18(2)9-8-14(15,16)17/h3-7,11H,8-10H2,1-2H3. The van der Waals surface area contributed by atoms with E-state index in [0.29, 0.717) is 0 Å². The van der Waals surface area contributed by atoms with Gasteiger partial charge < -0.3 is 9.69 Å². The maximum absolute atomic E-state index is 12.2. The van der Waals surface area contributed by atoms with E-state index in [-0.39, 0.29) is 13.1 Å². The van der Waals surface area contributed by atoms with Crippen LogP contribution in [0.25, 0.3) is 0 Å². The molecule has 0 aliphatic rings. The molecule has 0 spiro atoms. The highest BCUT2D eigenvalue weighted by molar-refractivity contribution is 5.68. The minimum Gasteiger partial charge on any atom is -0.305 e. The summed E-state index contributed by atoms with van der Waals surface area (Å²) in [5, 5.41) is 0. The SMILES string of the molecule is CN(CCC(F)(F)F)CC(C)(C=O)c1ccccc1. The highest BCUT2D eigenvalue weighted by Gasteiger charge is 2.31. The second kappa shape index (κ2) is 6.19. The minimum atomic E-state index is -4.17. The molecule has 0 radical (unpaired) electrons. The van der Waals surface area contributed by atoms with E-state index in [9.17, 15) is 18.0 Å². The molecule has 0 saturated carbocycles. The molecule has 0 aromatic heterocycles. The quantitative estimate of drug-likeness (QED) is 0.743. The van der Waals surface area contributed by atoms with Gasteiger partial charge in [-0.2, -0.15) is 13.2 Å². The van der Waals surface area contributed by atoms with Crippen LogP contribution < -0.4 is 0 Å². The van der Waals surface area contributed by atoms with Crippen molar-refractivity contribution in [3.8, 4) is 0 Å². The molecule has 1 unspecified atom stereocenters. The summed E-state index contributed by atoms with van der Waals surface area (Å²) < 4.78 is 36.5. The van der Waals surface area contributed by atoms with Gasteiger partial charge in [0, 0.05) is 13.1 Å². The normalized spacial score (nSPS) is 15.3. The molecule has 0 heterocycles. The number of benzene rings is 1. The third kappa shape index (κ3) is 5.03. The van der Waals surface area contributed by atoms with Gasteiger partial charge in [-0.1, -0.05) is 30.3 Å². The lowest BCUT2D eigenvalue weighted by molar-refractivity contribution is -0.137. The van der Waals surface area contributed by atoms with Gasteiger partial charge in [0.1, 0.15) is 6.29 Å². The molecule has 1 aromatic carbocycles. The molecule has 19 heavy (non-hydrogen) atoms. The first kappa shape index (κ1) is 15.7. The smallest absolute Gasteiger partial charge is 0.305 e. The molecular formula is C14H18F3NO. The minimum absolute atomic E-state index is 0.111. The molecular weight excluding hydrogens is 255 g/mol. The van der Waals surface area contributed by atoms with E-state index in [2.05, 4.69) is 0 Å². The number of aldehydes is 1. The Labute approximate surface area is 111 Å². The monoisotopic (exact) mass is 273 g/mol. The summed E-state index contributed by atoms with van der Waals surface area (Å²) in [6.45, 7) is 1.88. The summed E-state index contributed by atoms with van der Waals surface area (Å²) in [6, 6.07) is 9.08. The van der Waals surface area contributed by atoms with Gasteiger partial charge in [0.05, 0.1) is 11.8 Å². The maximum Gasteiger partial charge on any atom is 0.390 e. The van der Waals surface area contributed by atoms with E-state index in [4.69, 9.17) is 0 Å². The number of halogens is 3. The molecule has 1 rings (SSSR count). The Kier molecular flexibility index (Phi) is 5.11. The van der Waals surface area contributed by atoms with Crippen molar-refractivity contribution >= 4 is 6.29 Å². The molecule has 0 aliphatic heterocycles. The van der Waals surface area contributed by atoms with Gasteiger partial charge in [-0.3, -0.25) is 0 Å². The predicted octanol–water partition coefficient (Wildman–Crippen LogP) is 3.03. The Morgan fingerprint density at radius 1 is 1.21 bits per heavy atom. The first-order valence-corrected chi connectivity index (χ1v) is 6.04. The summed E-state index contributed by atoms with van der Waals surface area (Å²) in [7, 11) is 1.59. The largest absolute Gasteiger partial charge is 0.390 e. The average molecular weight is 273 g/mol. The highest BCUT2D eigenvalue weighted by atomic mass is 19.4. The fourth-order valence-corrected chi connectivity index (χ4v) is 1.97. The Bertz CT molecular complexity index is 405. The highest BCUT2D eigenvalue weighted by Crippen LogP contribution is 2.24. The number of carbonyl (C=O) groups is 1. The zero-order valence-corrected chi connectivity index (χ0v) is 11.1. The summed E-state index contributed by atoms with van der Waals surface area (Å²) >= 11 is 0. The van der Waals surface area contributed by atoms with E-state index in [0.717, 1.165) is 11.8 Å². The second-order valence-electron chi connectivity index (χ2n) is 5.00. The number of carbonyl (C=O) groups excluding carboxylic acids is 1. The van der Waals surface area contributed by atoms with Gasteiger partial charge in [0.2, 0.25) is 0 Å². The van der Waals surface area contributed by atoms with Crippen LogP contribution in [-0.2, 0) is 10.2 Å². The van der Waals surface area contributed by atoms with Gasteiger partial charge >= 0.3 is 6.18 Å². The van der Waals surface area contributed by atoms with E-state index < -0.39 is 18.0 Å². The number of nitrogens with zero attached hydrogens (tertiary/aromatic N) is 1. The van der Waals surface area contributed by atoms with Crippen molar-refractivity contribution in [3.05, 3.63) is 35.9 Å². The average Bonchev–Trinajstić information content (AvgIpc) is 2.36. The molecule has 1 atom stereocenters. The van der Waals surface area contributed by atoms with Crippen molar-refractivity contribution in [3.63, 3.8) is 0 Å². The van der Waals surface area contributed by atoms with Crippen molar-refractivity contribution < 1.29 is 18.0 Å². The second-order valence-corrected chi connectivity index (χ2v) is 5.00. The van der Waals surface area contributed by atoms with Gasteiger partial charge in [-0.05, 0) is 19.5 Å². The summed E-state index contributed by atoms with van der Waals surface area (Å²) in [5.74, 6) is 0. The zero-order valence-electron chi connectivity index (χ0n) is 11.1. The molecule has 2 nitrogen and oxygen atoms in total. The van der Waals surface area contributed by atoms with Crippen molar-refractivity contribution in [2.75, 3.05) is 20.1 Å². The van der Waals surface area contributed by atoms with Gasteiger partial charge in [0.15, 0.2) is 0 Å². The molecule has 0 amide bonds. The number of likely N-dealkylation sites (N-methyl/N-ethyl adjacent to an activating group) is 1. The first-order chi connectivity index (χ1) is 8.77. The van der Waals surface area contributed by atoms with Crippen LogP contribution in [-0.4, -0.2) is 37.5 Å². The zero-order chi connectivity index (χ0) is 14.5. The topological polar surface area (TPSA) is 20.3 Å². The predicted molar refractivity (Wildman–Crippen MR) is 68.0 cm³/mol.